The minimum Gasteiger partial charge on any atom is -0.306 e. The highest BCUT2D eigenvalue weighted by Crippen LogP contribution is 2.29. The standard InChI is InChI=1S/C18H22ClN/c1-4-10-20-18(15-8-6-5-7-9-15)16-11-14(3)17(19)12-13(16)2/h5-9,11-12,18,20H,4,10H2,1-3H3. The molecule has 0 spiro atoms. The van der Waals surface area contributed by atoms with Gasteiger partial charge in [-0.25, -0.2) is 0 Å². The van der Waals surface area contributed by atoms with E-state index in [4.69, 9.17) is 11.6 Å². The first-order valence-electron chi connectivity index (χ1n) is 7.18. The third kappa shape index (κ3) is 3.41. The third-order valence-electron chi connectivity index (χ3n) is 3.59. The largest absolute Gasteiger partial charge is 0.306 e. The summed E-state index contributed by atoms with van der Waals surface area (Å²) in [5.41, 5.74) is 4.97. The lowest BCUT2D eigenvalue weighted by Gasteiger charge is -2.22. The van der Waals surface area contributed by atoms with Crippen molar-refractivity contribution in [1.29, 1.82) is 0 Å². The maximum atomic E-state index is 6.22. The molecule has 0 saturated carbocycles. The molecule has 1 N–H and O–H groups in total. The molecule has 2 aromatic carbocycles. The molecule has 0 bridgehead atoms. The predicted molar refractivity (Wildman–Crippen MR) is 87.5 cm³/mol. The summed E-state index contributed by atoms with van der Waals surface area (Å²) in [7, 11) is 0. The molecule has 0 aliphatic carbocycles. The van der Waals surface area contributed by atoms with Crippen LogP contribution in [0, 0.1) is 13.8 Å². The Morgan fingerprint density at radius 1 is 1.05 bits per heavy atom. The second-order valence-corrected chi connectivity index (χ2v) is 5.66. The molecule has 0 amide bonds. The Morgan fingerprint density at radius 3 is 2.40 bits per heavy atom. The Kier molecular flexibility index (Phi) is 5.22. The molecule has 1 nitrogen and oxygen atoms in total. The fourth-order valence-corrected chi connectivity index (χ4v) is 2.67. The van der Waals surface area contributed by atoms with Gasteiger partial charge in [0, 0.05) is 5.02 Å². The Morgan fingerprint density at radius 2 is 1.75 bits per heavy atom. The molecule has 1 atom stereocenters. The van der Waals surface area contributed by atoms with Gasteiger partial charge in [0.25, 0.3) is 0 Å². The summed E-state index contributed by atoms with van der Waals surface area (Å²) in [6.45, 7) is 7.38. The second kappa shape index (κ2) is 6.92. The van der Waals surface area contributed by atoms with E-state index in [1.807, 2.05) is 0 Å². The summed E-state index contributed by atoms with van der Waals surface area (Å²) < 4.78 is 0. The van der Waals surface area contributed by atoms with Crippen LogP contribution in [0.1, 0.15) is 41.6 Å². The minimum atomic E-state index is 0.229. The molecule has 106 valence electrons. The van der Waals surface area contributed by atoms with Crippen molar-refractivity contribution in [2.24, 2.45) is 0 Å². The normalized spacial score (nSPS) is 12.4. The van der Waals surface area contributed by atoms with Crippen LogP contribution in [0.2, 0.25) is 5.02 Å². The van der Waals surface area contributed by atoms with Crippen LogP contribution in [0.4, 0.5) is 0 Å². The molecule has 0 heterocycles. The van der Waals surface area contributed by atoms with Gasteiger partial charge in [0.05, 0.1) is 6.04 Å². The zero-order valence-electron chi connectivity index (χ0n) is 12.4. The molecule has 0 fully saturated rings. The van der Waals surface area contributed by atoms with Gasteiger partial charge < -0.3 is 5.32 Å². The number of rotatable bonds is 5. The van der Waals surface area contributed by atoms with E-state index in [0.29, 0.717) is 0 Å². The van der Waals surface area contributed by atoms with Gasteiger partial charge in [0.1, 0.15) is 0 Å². The van der Waals surface area contributed by atoms with Crippen molar-refractivity contribution in [2.75, 3.05) is 6.54 Å². The monoisotopic (exact) mass is 287 g/mol. The SMILES string of the molecule is CCCNC(c1ccccc1)c1cc(C)c(Cl)cc1C. The van der Waals surface area contributed by atoms with Crippen molar-refractivity contribution < 1.29 is 0 Å². The Hall–Kier alpha value is -1.31. The van der Waals surface area contributed by atoms with Crippen molar-refractivity contribution in [3.05, 3.63) is 69.7 Å². The van der Waals surface area contributed by atoms with Crippen LogP contribution < -0.4 is 5.32 Å². The lowest BCUT2D eigenvalue weighted by atomic mass is 9.93. The smallest absolute Gasteiger partial charge is 0.0579 e. The van der Waals surface area contributed by atoms with Crippen LogP contribution >= 0.6 is 11.6 Å². The van der Waals surface area contributed by atoms with Gasteiger partial charge in [-0.05, 0) is 55.1 Å². The fourth-order valence-electron chi connectivity index (χ4n) is 2.46. The number of hydrogen-bond donors (Lipinski definition) is 1. The molecule has 20 heavy (non-hydrogen) atoms. The lowest BCUT2D eigenvalue weighted by Crippen LogP contribution is -2.24. The van der Waals surface area contributed by atoms with E-state index >= 15 is 0 Å². The summed E-state index contributed by atoms with van der Waals surface area (Å²) in [4.78, 5) is 0. The number of nitrogens with one attached hydrogen (secondary N) is 1. The van der Waals surface area contributed by atoms with Crippen LogP contribution in [0.3, 0.4) is 0 Å². The molecule has 0 saturated heterocycles. The Bertz CT molecular complexity index is 563. The van der Waals surface area contributed by atoms with Gasteiger partial charge in [0.15, 0.2) is 0 Å². The Labute approximate surface area is 127 Å². The lowest BCUT2D eigenvalue weighted by molar-refractivity contribution is 0.596. The van der Waals surface area contributed by atoms with Crippen molar-refractivity contribution in [2.45, 2.75) is 33.2 Å². The zero-order valence-corrected chi connectivity index (χ0v) is 13.2. The summed E-state index contributed by atoms with van der Waals surface area (Å²) in [5, 5.41) is 4.49. The van der Waals surface area contributed by atoms with E-state index in [2.05, 4.69) is 68.6 Å². The van der Waals surface area contributed by atoms with Crippen molar-refractivity contribution >= 4 is 11.6 Å². The first kappa shape index (κ1) is 15.1. The number of hydrogen-bond acceptors (Lipinski definition) is 1. The van der Waals surface area contributed by atoms with Crippen LogP contribution in [-0.4, -0.2) is 6.54 Å². The predicted octanol–water partition coefficient (Wildman–Crippen LogP) is 5.05. The molecule has 0 radical (unpaired) electrons. The number of benzene rings is 2. The molecule has 0 aliphatic heterocycles. The van der Waals surface area contributed by atoms with Crippen LogP contribution in [-0.2, 0) is 0 Å². The van der Waals surface area contributed by atoms with Gasteiger partial charge in [-0.1, -0.05) is 54.9 Å². The molecular formula is C18H22ClN. The summed E-state index contributed by atoms with van der Waals surface area (Å²) in [6, 6.07) is 15.1. The Balaban J connectivity index is 2.44. The van der Waals surface area contributed by atoms with Crippen molar-refractivity contribution in [3.8, 4) is 0 Å². The maximum absolute atomic E-state index is 6.22. The number of halogens is 1. The summed E-state index contributed by atoms with van der Waals surface area (Å²) >= 11 is 6.22. The van der Waals surface area contributed by atoms with Crippen molar-refractivity contribution in [3.63, 3.8) is 0 Å². The van der Waals surface area contributed by atoms with Crippen LogP contribution in [0.5, 0.6) is 0 Å². The minimum absolute atomic E-state index is 0.229. The molecule has 1 unspecified atom stereocenters. The average molecular weight is 288 g/mol. The molecule has 0 aliphatic rings. The van der Waals surface area contributed by atoms with E-state index in [9.17, 15) is 0 Å². The van der Waals surface area contributed by atoms with Gasteiger partial charge in [-0.3, -0.25) is 0 Å². The number of aryl methyl sites for hydroxylation is 2. The summed E-state index contributed by atoms with van der Waals surface area (Å²) in [5.74, 6) is 0. The molecule has 2 rings (SSSR count). The van der Waals surface area contributed by atoms with E-state index in [1.165, 1.54) is 16.7 Å². The molecule has 2 aromatic rings. The quantitative estimate of drug-likeness (QED) is 0.812. The van der Waals surface area contributed by atoms with Crippen LogP contribution in [0.25, 0.3) is 0 Å². The summed E-state index contributed by atoms with van der Waals surface area (Å²) in [6.07, 6.45) is 1.12. The maximum Gasteiger partial charge on any atom is 0.0579 e. The fraction of sp³-hybridized carbons (Fsp3) is 0.333. The highest BCUT2D eigenvalue weighted by atomic mass is 35.5. The molecule has 0 aromatic heterocycles. The van der Waals surface area contributed by atoms with Gasteiger partial charge in [-0.2, -0.15) is 0 Å². The zero-order chi connectivity index (χ0) is 14.5. The highest BCUT2D eigenvalue weighted by Gasteiger charge is 2.16. The topological polar surface area (TPSA) is 12.0 Å². The second-order valence-electron chi connectivity index (χ2n) is 5.26. The first-order valence-corrected chi connectivity index (χ1v) is 7.56. The van der Waals surface area contributed by atoms with Gasteiger partial charge in [-0.15, -0.1) is 0 Å². The van der Waals surface area contributed by atoms with Gasteiger partial charge >= 0.3 is 0 Å². The van der Waals surface area contributed by atoms with Gasteiger partial charge in [0.2, 0.25) is 0 Å². The van der Waals surface area contributed by atoms with E-state index < -0.39 is 0 Å². The average Bonchev–Trinajstić information content (AvgIpc) is 2.45. The molecule has 2 heteroatoms. The van der Waals surface area contributed by atoms with Crippen LogP contribution in [0.15, 0.2) is 42.5 Å². The molecular weight excluding hydrogens is 266 g/mol. The van der Waals surface area contributed by atoms with E-state index in [-0.39, 0.29) is 6.04 Å². The third-order valence-corrected chi connectivity index (χ3v) is 4.00. The van der Waals surface area contributed by atoms with E-state index in [0.717, 1.165) is 23.6 Å². The van der Waals surface area contributed by atoms with Crippen molar-refractivity contribution in [1.82, 2.24) is 5.32 Å². The highest BCUT2D eigenvalue weighted by molar-refractivity contribution is 6.31. The van der Waals surface area contributed by atoms with E-state index in [1.54, 1.807) is 0 Å². The first-order chi connectivity index (χ1) is 9.63.